The van der Waals surface area contributed by atoms with E-state index < -0.39 is 0 Å². The highest BCUT2D eigenvalue weighted by Crippen LogP contribution is 2.23. The molecule has 0 bridgehead atoms. The molecule has 0 spiro atoms. The fourth-order valence-electron chi connectivity index (χ4n) is 3.24. The van der Waals surface area contributed by atoms with Crippen LogP contribution < -0.4 is 0 Å². The first-order valence-electron chi connectivity index (χ1n) is 9.03. The minimum atomic E-state index is 0.0301. The molecule has 1 aliphatic rings. The Morgan fingerprint density at radius 2 is 1.67 bits per heavy atom. The van der Waals surface area contributed by atoms with Gasteiger partial charge in [-0.1, -0.05) is 44.2 Å². The number of nitrogens with zero attached hydrogens (tertiary/aromatic N) is 2. The van der Waals surface area contributed by atoms with E-state index >= 15 is 0 Å². The van der Waals surface area contributed by atoms with Crippen LogP contribution in [0.5, 0.6) is 0 Å². The van der Waals surface area contributed by atoms with Crippen LogP contribution >= 0.6 is 0 Å². The first kappa shape index (κ1) is 18.5. The van der Waals surface area contributed by atoms with Crippen LogP contribution in [0.4, 0.5) is 0 Å². The predicted molar refractivity (Wildman–Crippen MR) is 96.3 cm³/mol. The Bertz CT molecular complexity index is 546. The van der Waals surface area contributed by atoms with E-state index in [4.69, 9.17) is 0 Å². The van der Waals surface area contributed by atoms with Crippen LogP contribution in [0.25, 0.3) is 0 Å². The maximum Gasteiger partial charge on any atom is 0.226 e. The maximum atomic E-state index is 13.0. The second-order valence-corrected chi connectivity index (χ2v) is 7.30. The number of carbonyl (C=O) groups excluding carboxylic acids is 2. The smallest absolute Gasteiger partial charge is 0.226 e. The molecule has 0 aliphatic carbocycles. The molecule has 0 unspecified atom stereocenters. The number of amides is 2. The van der Waals surface area contributed by atoms with Crippen molar-refractivity contribution in [3.05, 3.63) is 35.9 Å². The van der Waals surface area contributed by atoms with Crippen LogP contribution in [-0.4, -0.2) is 40.7 Å². The molecule has 2 rings (SSSR count). The molecule has 1 heterocycles. The van der Waals surface area contributed by atoms with Crippen LogP contribution in [0.3, 0.4) is 0 Å². The van der Waals surface area contributed by atoms with Crippen molar-refractivity contribution in [3.63, 3.8) is 0 Å². The van der Waals surface area contributed by atoms with E-state index in [0.29, 0.717) is 19.6 Å². The average Bonchev–Trinajstić information content (AvgIpc) is 2.59. The molecule has 2 amide bonds. The van der Waals surface area contributed by atoms with Crippen molar-refractivity contribution in [3.8, 4) is 0 Å². The zero-order chi connectivity index (χ0) is 17.7. The van der Waals surface area contributed by atoms with E-state index in [0.717, 1.165) is 18.4 Å². The lowest BCUT2D eigenvalue weighted by molar-refractivity contribution is -0.143. The number of benzene rings is 1. The van der Waals surface area contributed by atoms with Crippen molar-refractivity contribution in [2.75, 3.05) is 13.1 Å². The highest BCUT2D eigenvalue weighted by atomic mass is 16.2. The van der Waals surface area contributed by atoms with Gasteiger partial charge in [-0.05, 0) is 32.3 Å². The van der Waals surface area contributed by atoms with Crippen LogP contribution in [-0.2, 0) is 16.1 Å². The van der Waals surface area contributed by atoms with Gasteiger partial charge in [0.15, 0.2) is 0 Å². The van der Waals surface area contributed by atoms with Gasteiger partial charge in [0, 0.05) is 37.5 Å². The lowest BCUT2D eigenvalue weighted by Gasteiger charge is -2.36. The van der Waals surface area contributed by atoms with Gasteiger partial charge in [-0.25, -0.2) is 0 Å². The first-order chi connectivity index (χ1) is 11.4. The van der Waals surface area contributed by atoms with Crippen molar-refractivity contribution in [2.45, 2.75) is 53.1 Å². The summed E-state index contributed by atoms with van der Waals surface area (Å²) in [7, 11) is 0. The number of rotatable bonds is 5. The zero-order valence-electron chi connectivity index (χ0n) is 15.4. The minimum absolute atomic E-state index is 0.0301. The Balaban J connectivity index is 1.97. The van der Waals surface area contributed by atoms with E-state index in [1.165, 1.54) is 0 Å². The molecule has 1 aliphatic heterocycles. The zero-order valence-corrected chi connectivity index (χ0v) is 15.4. The Morgan fingerprint density at radius 1 is 1.08 bits per heavy atom. The van der Waals surface area contributed by atoms with E-state index in [9.17, 15) is 9.59 Å². The molecular formula is C20H30N2O2. The predicted octanol–water partition coefficient (Wildman–Crippen LogP) is 3.32. The van der Waals surface area contributed by atoms with Gasteiger partial charge in [0.05, 0.1) is 0 Å². The van der Waals surface area contributed by atoms with Gasteiger partial charge in [-0.3, -0.25) is 9.59 Å². The molecule has 0 N–H and O–H groups in total. The van der Waals surface area contributed by atoms with Crippen LogP contribution in [0.2, 0.25) is 0 Å². The topological polar surface area (TPSA) is 40.6 Å². The summed E-state index contributed by atoms with van der Waals surface area (Å²) in [6.45, 7) is 10.0. The summed E-state index contributed by atoms with van der Waals surface area (Å²) in [5.41, 5.74) is 1.16. The summed E-state index contributed by atoms with van der Waals surface area (Å²) in [5, 5.41) is 0. The number of hydrogen-bond acceptors (Lipinski definition) is 2. The summed E-state index contributed by atoms with van der Waals surface area (Å²) in [6, 6.07) is 10.3. The maximum absolute atomic E-state index is 13.0. The normalized spacial score (nSPS) is 15.8. The standard InChI is InChI=1S/C20H30N2O2/c1-15(2)19(23)21-12-10-18(11-13-21)20(24)22(16(3)4)14-17-8-6-5-7-9-17/h5-9,15-16,18H,10-14H2,1-4H3. The second kappa shape index (κ2) is 8.32. The minimum Gasteiger partial charge on any atom is -0.342 e. The second-order valence-electron chi connectivity index (χ2n) is 7.30. The Hall–Kier alpha value is -1.84. The quantitative estimate of drug-likeness (QED) is 0.831. The average molecular weight is 330 g/mol. The Kier molecular flexibility index (Phi) is 6.41. The molecule has 1 fully saturated rings. The van der Waals surface area contributed by atoms with Crippen molar-refractivity contribution < 1.29 is 9.59 Å². The molecule has 1 saturated heterocycles. The van der Waals surface area contributed by atoms with Crippen LogP contribution in [0.15, 0.2) is 30.3 Å². The van der Waals surface area contributed by atoms with Gasteiger partial charge in [-0.2, -0.15) is 0 Å². The summed E-state index contributed by atoms with van der Waals surface area (Å²) in [5.74, 6) is 0.492. The largest absolute Gasteiger partial charge is 0.342 e. The summed E-state index contributed by atoms with van der Waals surface area (Å²) >= 11 is 0. The van der Waals surface area contributed by atoms with Gasteiger partial charge in [-0.15, -0.1) is 0 Å². The molecule has 0 atom stereocenters. The number of piperidine rings is 1. The molecular weight excluding hydrogens is 300 g/mol. The van der Waals surface area contributed by atoms with Crippen LogP contribution in [0.1, 0.15) is 46.1 Å². The van der Waals surface area contributed by atoms with E-state index in [2.05, 4.69) is 26.0 Å². The highest BCUT2D eigenvalue weighted by molar-refractivity contribution is 5.81. The van der Waals surface area contributed by atoms with Gasteiger partial charge >= 0.3 is 0 Å². The first-order valence-corrected chi connectivity index (χ1v) is 9.03. The molecule has 0 radical (unpaired) electrons. The third kappa shape index (κ3) is 4.59. The molecule has 24 heavy (non-hydrogen) atoms. The molecule has 4 nitrogen and oxygen atoms in total. The lowest BCUT2D eigenvalue weighted by atomic mass is 9.93. The van der Waals surface area contributed by atoms with E-state index in [-0.39, 0.29) is 29.7 Å². The molecule has 132 valence electrons. The molecule has 0 aromatic heterocycles. The Labute approximate surface area is 145 Å². The van der Waals surface area contributed by atoms with Gasteiger partial charge < -0.3 is 9.80 Å². The number of hydrogen-bond donors (Lipinski definition) is 0. The highest BCUT2D eigenvalue weighted by Gasteiger charge is 2.31. The molecule has 1 aromatic carbocycles. The van der Waals surface area contributed by atoms with Gasteiger partial charge in [0.2, 0.25) is 11.8 Å². The number of likely N-dealkylation sites (tertiary alicyclic amines) is 1. The fourth-order valence-corrected chi connectivity index (χ4v) is 3.24. The monoisotopic (exact) mass is 330 g/mol. The van der Waals surface area contributed by atoms with Crippen molar-refractivity contribution in [1.29, 1.82) is 0 Å². The summed E-state index contributed by atoms with van der Waals surface area (Å²) < 4.78 is 0. The summed E-state index contributed by atoms with van der Waals surface area (Å²) in [6.07, 6.45) is 1.55. The van der Waals surface area contributed by atoms with Crippen molar-refractivity contribution in [2.24, 2.45) is 11.8 Å². The van der Waals surface area contributed by atoms with Crippen molar-refractivity contribution >= 4 is 11.8 Å². The van der Waals surface area contributed by atoms with Gasteiger partial charge in [0.1, 0.15) is 0 Å². The SMILES string of the molecule is CC(C)C(=O)N1CCC(C(=O)N(Cc2ccccc2)C(C)C)CC1. The molecule has 4 heteroatoms. The van der Waals surface area contributed by atoms with Crippen molar-refractivity contribution in [1.82, 2.24) is 9.80 Å². The summed E-state index contributed by atoms with van der Waals surface area (Å²) in [4.78, 5) is 28.9. The van der Waals surface area contributed by atoms with E-state index in [1.54, 1.807) is 0 Å². The van der Waals surface area contributed by atoms with Gasteiger partial charge in [0.25, 0.3) is 0 Å². The van der Waals surface area contributed by atoms with E-state index in [1.807, 2.05) is 41.8 Å². The number of carbonyl (C=O) groups is 2. The fraction of sp³-hybridized carbons (Fsp3) is 0.600. The molecule has 0 saturated carbocycles. The Morgan fingerprint density at radius 3 is 2.17 bits per heavy atom. The molecule has 1 aromatic rings. The third-order valence-corrected chi connectivity index (χ3v) is 4.75. The lowest BCUT2D eigenvalue weighted by Crippen LogP contribution is -2.46. The van der Waals surface area contributed by atoms with Crippen LogP contribution in [0, 0.1) is 11.8 Å². The third-order valence-electron chi connectivity index (χ3n) is 4.75.